The van der Waals surface area contributed by atoms with Gasteiger partial charge in [-0.1, -0.05) is 11.6 Å². The van der Waals surface area contributed by atoms with Gasteiger partial charge in [0, 0.05) is 9.50 Å². The highest BCUT2D eigenvalue weighted by Crippen LogP contribution is 2.28. The Labute approximate surface area is 129 Å². The molecule has 0 fully saturated rings. The van der Waals surface area contributed by atoms with Crippen molar-refractivity contribution in [3.63, 3.8) is 0 Å². The Morgan fingerprint density at radius 1 is 1.30 bits per heavy atom. The first-order chi connectivity index (χ1) is 9.44. The van der Waals surface area contributed by atoms with Gasteiger partial charge in [-0.25, -0.2) is 0 Å². The summed E-state index contributed by atoms with van der Waals surface area (Å²) in [7, 11) is 0. The standard InChI is InChI=1S/C12H13BrClN5O/c1-6(2)20-12-18-10(15)17-11(19-12)16-9-5-7(14)3-4-8(9)13/h3-6H,1-2H3,(H3,15,16,17,18,19). The van der Waals surface area contributed by atoms with Crippen LogP contribution in [-0.4, -0.2) is 21.1 Å². The SMILES string of the molecule is CC(C)Oc1nc(N)nc(Nc2cc(Cl)ccc2Br)n1. The fraction of sp³-hybridized carbons (Fsp3) is 0.250. The first kappa shape index (κ1) is 14.8. The topological polar surface area (TPSA) is 86.0 Å². The number of nitrogens with zero attached hydrogens (tertiary/aromatic N) is 3. The number of aromatic nitrogens is 3. The third-order valence-corrected chi connectivity index (χ3v) is 3.07. The Morgan fingerprint density at radius 3 is 2.75 bits per heavy atom. The van der Waals surface area contributed by atoms with Crippen LogP contribution in [0.15, 0.2) is 22.7 Å². The molecule has 6 nitrogen and oxygen atoms in total. The second kappa shape index (κ2) is 6.23. The maximum atomic E-state index is 5.95. The maximum absolute atomic E-state index is 5.95. The molecule has 106 valence electrons. The van der Waals surface area contributed by atoms with Crippen LogP contribution in [-0.2, 0) is 0 Å². The Balaban J connectivity index is 2.28. The molecule has 0 saturated carbocycles. The highest BCUT2D eigenvalue weighted by molar-refractivity contribution is 9.10. The highest BCUT2D eigenvalue weighted by Gasteiger charge is 2.09. The number of nitrogens with two attached hydrogens (primary N) is 1. The predicted octanol–water partition coefficient (Wildman–Crippen LogP) is 3.40. The Kier molecular flexibility index (Phi) is 4.61. The second-order valence-corrected chi connectivity index (χ2v) is 5.51. The molecule has 0 bridgehead atoms. The molecule has 1 heterocycles. The van der Waals surface area contributed by atoms with E-state index in [1.807, 2.05) is 19.9 Å². The van der Waals surface area contributed by atoms with Gasteiger partial charge in [0.05, 0.1) is 11.8 Å². The quantitative estimate of drug-likeness (QED) is 0.871. The number of hydrogen-bond donors (Lipinski definition) is 2. The van der Waals surface area contributed by atoms with Crippen molar-refractivity contribution in [3.8, 4) is 6.01 Å². The number of ether oxygens (including phenoxy) is 1. The lowest BCUT2D eigenvalue weighted by molar-refractivity contribution is 0.222. The number of nitrogens with one attached hydrogen (secondary N) is 1. The third kappa shape index (κ3) is 3.94. The number of anilines is 3. The van der Waals surface area contributed by atoms with Crippen LogP contribution >= 0.6 is 27.5 Å². The Hall–Kier alpha value is -1.60. The summed E-state index contributed by atoms with van der Waals surface area (Å²) in [6.45, 7) is 3.75. The first-order valence-electron chi connectivity index (χ1n) is 5.84. The molecule has 2 rings (SSSR count). The molecular formula is C12H13BrClN5O. The largest absolute Gasteiger partial charge is 0.461 e. The minimum Gasteiger partial charge on any atom is -0.461 e. The molecule has 1 aromatic carbocycles. The molecule has 1 aromatic heterocycles. The van der Waals surface area contributed by atoms with Crippen LogP contribution in [0.2, 0.25) is 5.02 Å². The molecule has 0 unspecified atom stereocenters. The van der Waals surface area contributed by atoms with Gasteiger partial charge in [-0.3, -0.25) is 0 Å². The van der Waals surface area contributed by atoms with Gasteiger partial charge in [0.2, 0.25) is 11.9 Å². The summed E-state index contributed by atoms with van der Waals surface area (Å²) in [5, 5.41) is 3.61. The van der Waals surface area contributed by atoms with Crippen LogP contribution in [0, 0.1) is 0 Å². The molecule has 0 amide bonds. The number of halogens is 2. The van der Waals surface area contributed by atoms with Crippen LogP contribution in [0.25, 0.3) is 0 Å². The smallest absolute Gasteiger partial charge is 0.323 e. The molecule has 20 heavy (non-hydrogen) atoms. The summed E-state index contributed by atoms with van der Waals surface area (Å²) in [4.78, 5) is 12.1. The van der Waals surface area contributed by atoms with E-state index in [9.17, 15) is 0 Å². The predicted molar refractivity (Wildman–Crippen MR) is 82.4 cm³/mol. The highest BCUT2D eigenvalue weighted by atomic mass is 79.9. The first-order valence-corrected chi connectivity index (χ1v) is 7.01. The summed E-state index contributed by atoms with van der Waals surface area (Å²) in [5.41, 5.74) is 6.36. The van der Waals surface area contributed by atoms with Crippen molar-refractivity contribution in [2.45, 2.75) is 20.0 Å². The lowest BCUT2D eigenvalue weighted by atomic mass is 10.3. The molecule has 0 atom stereocenters. The van der Waals surface area contributed by atoms with E-state index in [-0.39, 0.29) is 24.0 Å². The summed E-state index contributed by atoms with van der Waals surface area (Å²) < 4.78 is 6.23. The van der Waals surface area contributed by atoms with E-state index in [0.717, 1.165) is 10.2 Å². The van der Waals surface area contributed by atoms with Crippen molar-refractivity contribution in [2.75, 3.05) is 11.1 Å². The normalized spacial score (nSPS) is 10.7. The van der Waals surface area contributed by atoms with Crippen molar-refractivity contribution in [2.24, 2.45) is 0 Å². The van der Waals surface area contributed by atoms with Gasteiger partial charge in [-0.05, 0) is 48.0 Å². The third-order valence-electron chi connectivity index (χ3n) is 2.15. The fourth-order valence-corrected chi connectivity index (χ4v) is 1.92. The average Bonchev–Trinajstić information content (AvgIpc) is 2.32. The van der Waals surface area contributed by atoms with Gasteiger partial charge in [-0.2, -0.15) is 15.0 Å². The minimum absolute atomic E-state index is 0.0532. The van der Waals surface area contributed by atoms with Gasteiger partial charge >= 0.3 is 6.01 Å². The van der Waals surface area contributed by atoms with E-state index in [0.29, 0.717) is 5.02 Å². The molecule has 0 aliphatic heterocycles. The zero-order valence-corrected chi connectivity index (χ0v) is 13.2. The number of hydrogen-bond acceptors (Lipinski definition) is 6. The van der Waals surface area contributed by atoms with Crippen molar-refractivity contribution < 1.29 is 4.74 Å². The lowest BCUT2D eigenvalue weighted by Crippen LogP contribution is -2.11. The van der Waals surface area contributed by atoms with E-state index in [1.54, 1.807) is 12.1 Å². The van der Waals surface area contributed by atoms with Gasteiger partial charge in [0.25, 0.3) is 0 Å². The van der Waals surface area contributed by atoms with Gasteiger partial charge < -0.3 is 15.8 Å². The molecule has 0 radical (unpaired) electrons. The van der Waals surface area contributed by atoms with Crippen LogP contribution in [0.3, 0.4) is 0 Å². The number of nitrogen functional groups attached to an aromatic ring is 1. The fourth-order valence-electron chi connectivity index (χ4n) is 1.41. The second-order valence-electron chi connectivity index (χ2n) is 4.22. The van der Waals surface area contributed by atoms with Crippen LogP contribution in [0.1, 0.15) is 13.8 Å². The number of benzene rings is 1. The summed E-state index contributed by atoms with van der Waals surface area (Å²) in [5.74, 6) is 0.368. The lowest BCUT2D eigenvalue weighted by Gasteiger charge is -2.11. The summed E-state index contributed by atoms with van der Waals surface area (Å²) in [6, 6.07) is 5.51. The van der Waals surface area contributed by atoms with E-state index in [4.69, 9.17) is 22.1 Å². The van der Waals surface area contributed by atoms with Crippen LogP contribution < -0.4 is 15.8 Å². The monoisotopic (exact) mass is 357 g/mol. The van der Waals surface area contributed by atoms with E-state index >= 15 is 0 Å². The molecule has 0 aliphatic carbocycles. The Bertz CT molecular complexity index is 623. The Morgan fingerprint density at radius 2 is 2.05 bits per heavy atom. The van der Waals surface area contributed by atoms with E-state index in [2.05, 4.69) is 36.2 Å². The summed E-state index contributed by atoms with van der Waals surface area (Å²) >= 11 is 9.36. The van der Waals surface area contributed by atoms with E-state index in [1.165, 1.54) is 0 Å². The summed E-state index contributed by atoms with van der Waals surface area (Å²) in [6.07, 6.45) is -0.0532. The molecular weight excluding hydrogens is 346 g/mol. The average molecular weight is 359 g/mol. The molecule has 3 N–H and O–H groups in total. The molecule has 2 aromatic rings. The van der Waals surface area contributed by atoms with Crippen molar-refractivity contribution in [1.82, 2.24) is 15.0 Å². The zero-order chi connectivity index (χ0) is 14.7. The molecule has 0 aliphatic rings. The van der Waals surface area contributed by atoms with Crippen LogP contribution in [0.4, 0.5) is 17.6 Å². The number of rotatable bonds is 4. The van der Waals surface area contributed by atoms with Crippen molar-refractivity contribution in [1.29, 1.82) is 0 Å². The van der Waals surface area contributed by atoms with Gasteiger partial charge in [0.15, 0.2) is 0 Å². The van der Waals surface area contributed by atoms with E-state index < -0.39 is 0 Å². The minimum atomic E-state index is -0.0532. The zero-order valence-electron chi connectivity index (χ0n) is 10.9. The van der Waals surface area contributed by atoms with Gasteiger partial charge in [0.1, 0.15) is 0 Å². The van der Waals surface area contributed by atoms with Crippen LogP contribution in [0.5, 0.6) is 6.01 Å². The molecule has 8 heteroatoms. The maximum Gasteiger partial charge on any atom is 0.323 e. The molecule has 0 spiro atoms. The molecule has 0 saturated heterocycles. The van der Waals surface area contributed by atoms with Crippen molar-refractivity contribution >= 4 is 45.1 Å². The van der Waals surface area contributed by atoms with Crippen molar-refractivity contribution in [3.05, 3.63) is 27.7 Å². The van der Waals surface area contributed by atoms with Gasteiger partial charge in [-0.15, -0.1) is 0 Å².